The van der Waals surface area contributed by atoms with Crippen LogP contribution in [0, 0.1) is 0 Å². The highest BCUT2D eigenvalue weighted by Gasteiger charge is 2.33. The van der Waals surface area contributed by atoms with Gasteiger partial charge in [-0.05, 0) is 76.3 Å². The standard InChI is InChI=1S/C35H35BrN2O2S/c1-34(2,3)26-17-20(18-27(31(26)39)35(4,5)6)19-28-32(40)38-30(22-11-14-23(36)15-12-22)25-16-13-21-9-7-8-10-24(21)29(25)37-33(38)41-28/h7-12,14-15,17-19,30,39H,13,16H2,1-6H3/b28-19-/t30-/m1/s1. The first-order valence-electron chi connectivity index (χ1n) is 14.1. The van der Waals surface area contributed by atoms with Crippen molar-refractivity contribution in [3.8, 4) is 5.75 Å². The monoisotopic (exact) mass is 626 g/mol. The van der Waals surface area contributed by atoms with Gasteiger partial charge in [-0.25, -0.2) is 4.99 Å². The molecular formula is C35H35BrN2O2S. The zero-order chi connectivity index (χ0) is 29.3. The van der Waals surface area contributed by atoms with E-state index in [1.807, 2.05) is 34.9 Å². The molecule has 0 saturated carbocycles. The van der Waals surface area contributed by atoms with Crippen LogP contribution in [0.15, 0.2) is 80.5 Å². The summed E-state index contributed by atoms with van der Waals surface area (Å²) in [7, 11) is 0. The maximum atomic E-state index is 14.2. The van der Waals surface area contributed by atoms with Crippen LogP contribution in [0.1, 0.15) is 87.4 Å². The molecule has 4 aromatic rings. The van der Waals surface area contributed by atoms with Crippen LogP contribution < -0.4 is 14.9 Å². The molecular weight excluding hydrogens is 592 g/mol. The number of phenolic OH excluding ortho intramolecular Hbond substituents is 1. The number of benzene rings is 3. The van der Waals surface area contributed by atoms with Gasteiger partial charge in [0, 0.05) is 21.2 Å². The summed E-state index contributed by atoms with van der Waals surface area (Å²) >= 11 is 5.01. The lowest BCUT2D eigenvalue weighted by Gasteiger charge is -2.30. The smallest absolute Gasteiger partial charge is 0.271 e. The van der Waals surface area contributed by atoms with E-state index in [1.54, 1.807) is 0 Å². The Bertz CT molecular complexity index is 1860. The third-order valence-electron chi connectivity index (χ3n) is 8.10. The van der Waals surface area contributed by atoms with Gasteiger partial charge < -0.3 is 5.11 Å². The molecule has 6 heteroatoms. The highest BCUT2D eigenvalue weighted by molar-refractivity contribution is 9.10. The molecule has 2 heterocycles. The van der Waals surface area contributed by atoms with Crippen LogP contribution in [0.25, 0.3) is 11.8 Å². The van der Waals surface area contributed by atoms with Gasteiger partial charge in [0.25, 0.3) is 5.56 Å². The molecule has 1 aliphatic heterocycles. The summed E-state index contributed by atoms with van der Waals surface area (Å²) < 4.78 is 3.54. The normalized spacial score (nSPS) is 17.1. The van der Waals surface area contributed by atoms with E-state index in [-0.39, 0.29) is 22.4 Å². The van der Waals surface area contributed by atoms with Crippen LogP contribution >= 0.6 is 27.3 Å². The van der Waals surface area contributed by atoms with Gasteiger partial charge in [-0.15, -0.1) is 0 Å². The number of thiazole rings is 1. The average molecular weight is 628 g/mol. The van der Waals surface area contributed by atoms with Gasteiger partial charge in [0.05, 0.1) is 16.3 Å². The molecule has 0 bridgehead atoms. The van der Waals surface area contributed by atoms with Gasteiger partial charge in [0.15, 0.2) is 4.80 Å². The van der Waals surface area contributed by atoms with Gasteiger partial charge in [-0.1, -0.05) is 105 Å². The van der Waals surface area contributed by atoms with Crippen LogP contribution in [0.5, 0.6) is 5.75 Å². The van der Waals surface area contributed by atoms with Crippen molar-refractivity contribution in [3.63, 3.8) is 0 Å². The van der Waals surface area contributed by atoms with Gasteiger partial charge in [0.2, 0.25) is 0 Å². The van der Waals surface area contributed by atoms with Crippen molar-refractivity contribution in [2.45, 2.75) is 71.3 Å². The van der Waals surface area contributed by atoms with Crippen molar-refractivity contribution < 1.29 is 5.11 Å². The Morgan fingerprint density at radius 1 is 0.951 bits per heavy atom. The number of phenols is 1. The van der Waals surface area contributed by atoms with Gasteiger partial charge >= 0.3 is 0 Å². The van der Waals surface area contributed by atoms with Crippen molar-refractivity contribution >= 4 is 39.0 Å². The molecule has 1 atom stereocenters. The lowest BCUT2D eigenvalue weighted by molar-refractivity contribution is 0.423. The summed E-state index contributed by atoms with van der Waals surface area (Å²) in [5.41, 5.74) is 7.87. The first-order valence-corrected chi connectivity index (χ1v) is 15.7. The molecule has 0 spiro atoms. The van der Waals surface area contributed by atoms with Crippen LogP contribution in [-0.4, -0.2) is 9.67 Å². The fourth-order valence-electron chi connectivity index (χ4n) is 6.00. The summed E-state index contributed by atoms with van der Waals surface area (Å²) in [5, 5.41) is 11.2. The minimum absolute atomic E-state index is 0.0326. The quantitative estimate of drug-likeness (QED) is 0.252. The van der Waals surface area contributed by atoms with E-state index in [1.165, 1.54) is 22.5 Å². The first kappa shape index (κ1) is 27.9. The van der Waals surface area contributed by atoms with Crippen molar-refractivity contribution in [1.82, 2.24) is 4.57 Å². The number of fused-ring (bicyclic) bond motifs is 3. The third kappa shape index (κ3) is 4.95. The Morgan fingerprint density at radius 3 is 2.22 bits per heavy atom. The van der Waals surface area contributed by atoms with Crippen molar-refractivity contribution in [3.05, 3.63) is 124 Å². The van der Waals surface area contributed by atoms with Crippen molar-refractivity contribution in [1.29, 1.82) is 0 Å². The number of aromatic hydroxyl groups is 1. The minimum Gasteiger partial charge on any atom is -0.507 e. The van der Waals surface area contributed by atoms with Gasteiger partial charge in [0.1, 0.15) is 5.75 Å². The zero-order valence-corrected chi connectivity index (χ0v) is 26.8. The molecule has 0 fully saturated rings. The second kappa shape index (κ2) is 9.95. The van der Waals surface area contributed by atoms with Crippen molar-refractivity contribution in [2.24, 2.45) is 4.99 Å². The Labute approximate surface area is 253 Å². The number of rotatable bonds is 2. The van der Waals surface area contributed by atoms with E-state index in [4.69, 9.17) is 4.99 Å². The molecule has 0 radical (unpaired) electrons. The second-order valence-electron chi connectivity index (χ2n) is 13.1. The third-order valence-corrected chi connectivity index (χ3v) is 9.62. The van der Waals surface area contributed by atoms with Crippen LogP contribution in [0.3, 0.4) is 0 Å². The molecule has 6 rings (SSSR count). The molecule has 1 aliphatic carbocycles. The first-order chi connectivity index (χ1) is 19.3. The molecule has 4 nitrogen and oxygen atoms in total. The molecule has 0 unspecified atom stereocenters. The molecule has 0 amide bonds. The predicted molar refractivity (Wildman–Crippen MR) is 172 cm³/mol. The maximum absolute atomic E-state index is 14.2. The predicted octanol–water partition coefficient (Wildman–Crippen LogP) is 7.38. The van der Waals surface area contributed by atoms with E-state index >= 15 is 0 Å². The lowest BCUT2D eigenvalue weighted by Crippen LogP contribution is -2.38. The van der Waals surface area contributed by atoms with Gasteiger partial charge in [-0.2, -0.15) is 0 Å². The van der Waals surface area contributed by atoms with E-state index in [0.29, 0.717) is 10.3 Å². The minimum atomic E-state index is -0.254. The fourth-order valence-corrected chi connectivity index (χ4v) is 7.27. The lowest BCUT2D eigenvalue weighted by atomic mass is 9.78. The van der Waals surface area contributed by atoms with Crippen LogP contribution in [-0.2, 0) is 17.3 Å². The Balaban J connectivity index is 1.61. The highest BCUT2D eigenvalue weighted by atomic mass is 79.9. The number of aryl methyl sites for hydroxylation is 1. The summed E-state index contributed by atoms with van der Waals surface area (Å²) in [5.74, 6) is 0.338. The van der Waals surface area contributed by atoms with Crippen LogP contribution in [0.4, 0.5) is 0 Å². The second-order valence-corrected chi connectivity index (χ2v) is 15.1. The SMILES string of the molecule is CC(C)(C)c1cc(/C=c2\sc3n(c2=O)[C@H](c2ccc(Br)cc2)C2=C(N=3)c3ccccc3CC2)cc(C(C)(C)C)c1O. The maximum Gasteiger partial charge on any atom is 0.271 e. The average Bonchev–Trinajstić information content (AvgIpc) is 3.22. The summed E-state index contributed by atoms with van der Waals surface area (Å²) in [6, 6.07) is 20.6. The highest BCUT2D eigenvalue weighted by Crippen LogP contribution is 2.42. The molecule has 41 heavy (non-hydrogen) atoms. The zero-order valence-electron chi connectivity index (χ0n) is 24.4. The number of hydrogen-bond acceptors (Lipinski definition) is 4. The molecule has 210 valence electrons. The molecule has 2 aliphatic rings. The summed E-state index contributed by atoms with van der Waals surface area (Å²) in [6.45, 7) is 12.6. The topological polar surface area (TPSA) is 54.6 Å². The van der Waals surface area contributed by atoms with E-state index in [2.05, 4.69) is 93.9 Å². The molecule has 1 N–H and O–H groups in total. The number of hydrogen-bond donors (Lipinski definition) is 1. The Hall–Kier alpha value is -3.22. The van der Waals surface area contributed by atoms with Crippen LogP contribution in [0.2, 0.25) is 0 Å². The molecule has 1 aromatic heterocycles. The van der Waals surface area contributed by atoms with Gasteiger partial charge in [-0.3, -0.25) is 9.36 Å². The van der Waals surface area contributed by atoms with Crippen molar-refractivity contribution in [2.75, 3.05) is 0 Å². The van der Waals surface area contributed by atoms with E-state index in [0.717, 1.165) is 55.6 Å². The number of nitrogens with zero attached hydrogens (tertiary/aromatic N) is 2. The summed E-state index contributed by atoms with van der Waals surface area (Å²) in [6.07, 6.45) is 3.77. The molecule has 3 aromatic carbocycles. The number of aromatic nitrogens is 1. The fraction of sp³-hybridized carbons (Fsp3) is 0.314. The summed E-state index contributed by atoms with van der Waals surface area (Å²) in [4.78, 5) is 20.1. The Morgan fingerprint density at radius 2 is 1.59 bits per heavy atom. The largest absolute Gasteiger partial charge is 0.507 e. The molecule has 0 saturated heterocycles. The number of halogens is 1. The van der Waals surface area contributed by atoms with E-state index in [9.17, 15) is 9.90 Å². The van der Waals surface area contributed by atoms with E-state index < -0.39 is 0 Å². The Kier molecular flexibility index (Phi) is 6.78. The number of allylic oxidation sites excluding steroid dienone is 1.